The van der Waals surface area contributed by atoms with Gasteiger partial charge in [0.2, 0.25) is 11.8 Å². The van der Waals surface area contributed by atoms with Gasteiger partial charge < -0.3 is 10.2 Å². The largest absolute Gasteiger partial charge is 0.345 e. The molecule has 0 radical (unpaired) electrons. The van der Waals surface area contributed by atoms with Crippen LogP contribution in [0.15, 0.2) is 12.3 Å². The summed E-state index contributed by atoms with van der Waals surface area (Å²) in [5.41, 5.74) is 0.822. The van der Waals surface area contributed by atoms with Crippen molar-refractivity contribution in [2.24, 2.45) is 0 Å². The molecule has 1 aromatic heterocycles. The summed E-state index contributed by atoms with van der Waals surface area (Å²) >= 11 is 0. The topological polar surface area (TPSA) is 67.2 Å². The molecule has 1 aliphatic rings. The van der Waals surface area contributed by atoms with Gasteiger partial charge in [0, 0.05) is 12.2 Å². The summed E-state index contributed by atoms with van der Waals surface area (Å²) in [7, 11) is 0. The van der Waals surface area contributed by atoms with Crippen molar-refractivity contribution in [3.63, 3.8) is 0 Å². The third-order valence-electron chi connectivity index (χ3n) is 3.50. The lowest BCUT2D eigenvalue weighted by atomic mass is 10.1. The van der Waals surface area contributed by atoms with E-state index in [0.717, 1.165) is 12.1 Å². The minimum Gasteiger partial charge on any atom is -0.345 e. The molecular formula is C14H22N4O2. The van der Waals surface area contributed by atoms with Gasteiger partial charge in [-0.05, 0) is 26.3 Å². The second kappa shape index (κ2) is 6.07. The van der Waals surface area contributed by atoms with E-state index >= 15 is 0 Å². The van der Waals surface area contributed by atoms with Crippen molar-refractivity contribution in [1.29, 1.82) is 0 Å². The van der Waals surface area contributed by atoms with Crippen LogP contribution in [0.1, 0.15) is 45.3 Å². The zero-order valence-corrected chi connectivity index (χ0v) is 12.3. The van der Waals surface area contributed by atoms with Crippen LogP contribution < -0.4 is 5.32 Å². The highest BCUT2D eigenvalue weighted by Crippen LogP contribution is 2.15. The third kappa shape index (κ3) is 3.00. The summed E-state index contributed by atoms with van der Waals surface area (Å²) in [5, 5.41) is 7.10. The number of amides is 2. The summed E-state index contributed by atoms with van der Waals surface area (Å²) in [5.74, 6) is -0.100. The lowest BCUT2D eigenvalue weighted by Crippen LogP contribution is -2.57. The van der Waals surface area contributed by atoms with Crippen molar-refractivity contribution in [2.45, 2.75) is 52.2 Å². The van der Waals surface area contributed by atoms with Crippen LogP contribution in [-0.4, -0.2) is 39.1 Å². The molecule has 0 bridgehead atoms. The van der Waals surface area contributed by atoms with Gasteiger partial charge in [-0.2, -0.15) is 5.10 Å². The van der Waals surface area contributed by atoms with Gasteiger partial charge in [0.15, 0.2) is 0 Å². The Kier molecular flexibility index (Phi) is 4.42. The molecule has 0 aromatic carbocycles. The van der Waals surface area contributed by atoms with Crippen molar-refractivity contribution in [3.8, 4) is 0 Å². The first-order valence-corrected chi connectivity index (χ1v) is 7.14. The molecule has 6 nitrogen and oxygen atoms in total. The highest BCUT2D eigenvalue weighted by Gasteiger charge is 2.33. The maximum absolute atomic E-state index is 12.0. The Morgan fingerprint density at radius 1 is 1.45 bits per heavy atom. The van der Waals surface area contributed by atoms with Crippen LogP contribution in [0.3, 0.4) is 0 Å². The van der Waals surface area contributed by atoms with Crippen LogP contribution in [-0.2, 0) is 16.1 Å². The standard InChI is InChI=1S/C14H22N4O2/c1-4-5-12-14(20)15-8-13(19)17(12)9-11-6-7-18(16-11)10(2)3/h6-7,10,12H,4-5,8-9H2,1-3H3,(H,15,20). The Morgan fingerprint density at radius 2 is 2.20 bits per heavy atom. The molecule has 110 valence electrons. The Labute approximate surface area is 119 Å². The van der Waals surface area contributed by atoms with Crippen molar-refractivity contribution in [1.82, 2.24) is 20.0 Å². The molecule has 2 amide bonds. The van der Waals surface area contributed by atoms with E-state index in [1.807, 2.05) is 23.9 Å². The highest BCUT2D eigenvalue weighted by molar-refractivity contribution is 5.94. The number of carbonyl (C=O) groups is 2. The van der Waals surface area contributed by atoms with Gasteiger partial charge in [-0.15, -0.1) is 0 Å². The molecule has 1 atom stereocenters. The van der Waals surface area contributed by atoms with E-state index in [0.29, 0.717) is 13.0 Å². The average Bonchev–Trinajstić information content (AvgIpc) is 2.87. The van der Waals surface area contributed by atoms with Crippen LogP contribution >= 0.6 is 0 Å². The molecule has 1 N–H and O–H groups in total. The Hall–Kier alpha value is -1.85. The maximum Gasteiger partial charge on any atom is 0.243 e. The van der Waals surface area contributed by atoms with Gasteiger partial charge >= 0.3 is 0 Å². The van der Waals surface area contributed by atoms with Crippen molar-refractivity contribution in [2.75, 3.05) is 6.54 Å². The molecule has 1 fully saturated rings. The molecule has 1 unspecified atom stereocenters. The van der Waals surface area contributed by atoms with E-state index in [4.69, 9.17) is 0 Å². The zero-order chi connectivity index (χ0) is 14.7. The third-order valence-corrected chi connectivity index (χ3v) is 3.50. The first-order valence-electron chi connectivity index (χ1n) is 7.14. The van der Waals surface area contributed by atoms with E-state index in [1.54, 1.807) is 4.90 Å². The number of carbonyl (C=O) groups excluding carboxylic acids is 2. The molecule has 0 aliphatic carbocycles. The fourth-order valence-corrected chi connectivity index (χ4v) is 2.38. The fourth-order valence-electron chi connectivity index (χ4n) is 2.38. The van der Waals surface area contributed by atoms with Gasteiger partial charge in [-0.3, -0.25) is 14.3 Å². The molecule has 0 spiro atoms. The smallest absolute Gasteiger partial charge is 0.243 e. The average molecular weight is 278 g/mol. The van der Waals surface area contributed by atoms with E-state index < -0.39 is 0 Å². The summed E-state index contributed by atoms with van der Waals surface area (Å²) in [6.45, 7) is 6.60. The summed E-state index contributed by atoms with van der Waals surface area (Å²) in [4.78, 5) is 25.6. The second-order valence-corrected chi connectivity index (χ2v) is 5.42. The summed E-state index contributed by atoms with van der Waals surface area (Å²) in [6.07, 6.45) is 3.45. The van der Waals surface area contributed by atoms with Gasteiger partial charge in [0.1, 0.15) is 6.04 Å². The van der Waals surface area contributed by atoms with E-state index in [1.165, 1.54) is 0 Å². The number of rotatable bonds is 5. The molecule has 0 saturated carbocycles. The van der Waals surface area contributed by atoms with E-state index in [2.05, 4.69) is 24.3 Å². The minimum absolute atomic E-state index is 0.0397. The van der Waals surface area contributed by atoms with Crippen molar-refractivity contribution in [3.05, 3.63) is 18.0 Å². The van der Waals surface area contributed by atoms with Crippen molar-refractivity contribution < 1.29 is 9.59 Å². The van der Waals surface area contributed by atoms with Crippen LogP contribution in [0.25, 0.3) is 0 Å². The molecule has 1 aliphatic heterocycles. The molecule has 2 rings (SSSR count). The number of nitrogens with zero attached hydrogens (tertiary/aromatic N) is 3. The van der Waals surface area contributed by atoms with Crippen LogP contribution in [0.5, 0.6) is 0 Å². The van der Waals surface area contributed by atoms with Gasteiger partial charge in [-0.25, -0.2) is 0 Å². The minimum atomic E-state index is -0.370. The predicted octanol–water partition coefficient (Wildman–Crippen LogP) is 1.09. The molecule has 6 heteroatoms. The lowest BCUT2D eigenvalue weighted by molar-refractivity contribution is -0.146. The highest BCUT2D eigenvalue weighted by atomic mass is 16.2. The number of piperazine rings is 1. The maximum atomic E-state index is 12.0. The number of hydrogen-bond donors (Lipinski definition) is 1. The number of aromatic nitrogens is 2. The summed E-state index contributed by atoms with van der Waals surface area (Å²) < 4.78 is 1.86. The zero-order valence-electron chi connectivity index (χ0n) is 12.3. The molecular weight excluding hydrogens is 256 g/mol. The molecule has 2 heterocycles. The van der Waals surface area contributed by atoms with Crippen LogP contribution in [0.2, 0.25) is 0 Å². The fraction of sp³-hybridized carbons (Fsp3) is 0.643. The number of hydrogen-bond acceptors (Lipinski definition) is 3. The molecule has 1 aromatic rings. The Bertz CT molecular complexity index is 495. The molecule has 1 saturated heterocycles. The predicted molar refractivity (Wildman–Crippen MR) is 74.9 cm³/mol. The van der Waals surface area contributed by atoms with Crippen molar-refractivity contribution >= 4 is 11.8 Å². The van der Waals surface area contributed by atoms with Crippen LogP contribution in [0.4, 0.5) is 0 Å². The van der Waals surface area contributed by atoms with Gasteiger partial charge in [0.25, 0.3) is 0 Å². The Balaban J connectivity index is 2.14. The van der Waals surface area contributed by atoms with E-state index in [-0.39, 0.29) is 30.4 Å². The van der Waals surface area contributed by atoms with E-state index in [9.17, 15) is 9.59 Å². The lowest BCUT2D eigenvalue weighted by Gasteiger charge is -2.34. The first-order chi connectivity index (χ1) is 9.52. The number of nitrogens with one attached hydrogen (secondary N) is 1. The SMILES string of the molecule is CCCC1C(=O)NCC(=O)N1Cc1ccn(C(C)C)n1. The van der Waals surface area contributed by atoms with Gasteiger partial charge in [0.05, 0.1) is 18.8 Å². The molecule has 20 heavy (non-hydrogen) atoms. The van der Waals surface area contributed by atoms with Gasteiger partial charge in [-0.1, -0.05) is 13.3 Å². The quantitative estimate of drug-likeness (QED) is 0.876. The Morgan fingerprint density at radius 3 is 2.80 bits per heavy atom. The normalized spacial score (nSPS) is 19.6. The first kappa shape index (κ1) is 14.6. The van der Waals surface area contributed by atoms with Crippen LogP contribution in [0, 0.1) is 0 Å². The second-order valence-electron chi connectivity index (χ2n) is 5.42. The summed E-state index contributed by atoms with van der Waals surface area (Å²) in [6, 6.07) is 1.82. The monoisotopic (exact) mass is 278 g/mol.